The molecule has 0 spiro atoms. The molecule has 0 aliphatic carbocycles. The molecular formula is C24H17ClFNO4. The summed E-state index contributed by atoms with van der Waals surface area (Å²) in [5.41, 5.74) is 1.18. The van der Waals surface area contributed by atoms with Gasteiger partial charge in [0.1, 0.15) is 17.1 Å². The van der Waals surface area contributed by atoms with E-state index in [0.29, 0.717) is 27.3 Å². The van der Waals surface area contributed by atoms with Gasteiger partial charge in [0.05, 0.1) is 5.69 Å². The Hall–Kier alpha value is -3.64. The minimum absolute atomic E-state index is 0.0794. The number of anilines is 1. The number of rotatable bonds is 6. The van der Waals surface area contributed by atoms with Gasteiger partial charge in [-0.2, -0.15) is 0 Å². The highest BCUT2D eigenvalue weighted by Gasteiger charge is 2.24. The summed E-state index contributed by atoms with van der Waals surface area (Å²) in [7, 11) is 0. The molecule has 0 saturated heterocycles. The molecule has 4 rings (SSSR count). The third kappa shape index (κ3) is 4.44. The normalized spacial score (nSPS) is 10.8. The zero-order valence-electron chi connectivity index (χ0n) is 16.4. The number of amides is 1. The van der Waals surface area contributed by atoms with Gasteiger partial charge in [-0.3, -0.25) is 9.59 Å². The first kappa shape index (κ1) is 20.6. The number of hydrogen-bond donors (Lipinski definition) is 1. The molecular weight excluding hydrogens is 421 g/mol. The largest absolute Gasteiger partial charge is 0.484 e. The molecule has 0 radical (unpaired) electrons. The molecule has 5 nitrogen and oxygen atoms in total. The lowest BCUT2D eigenvalue weighted by Gasteiger charge is -2.08. The zero-order chi connectivity index (χ0) is 22.0. The van der Waals surface area contributed by atoms with Gasteiger partial charge in [-0.25, -0.2) is 4.39 Å². The summed E-state index contributed by atoms with van der Waals surface area (Å²) in [5, 5.41) is 3.80. The Balaban J connectivity index is 1.61. The van der Waals surface area contributed by atoms with Crippen molar-refractivity contribution in [3.63, 3.8) is 0 Å². The number of benzene rings is 3. The van der Waals surface area contributed by atoms with Gasteiger partial charge in [-0.15, -0.1) is 0 Å². The molecule has 0 bridgehead atoms. The summed E-state index contributed by atoms with van der Waals surface area (Å²) in [5.74, 6) is -1.12. The summed E-state index contributed by atoms with van der Waals surface area (Å²) in [4.78, 5) is 25.6. The van der Waals surface area contributed by atoms with E-state index in [1.54, 1.807) is 55.5 Å². The topological polar surface area (TPSA) is 68.5 Å². The molecule has 0 atom stereocenters. The summed E-state index contributed by atoms with van der Waals surface area (Å²) in [6.45, 7) is 1.32. The second-order valence-corrected chi connectivity index (χ2v) is 7.32. The van der Waals surface area contributed by atoms with E-state index < -0.39 is 17.5 Å². The third-order valence-corrected chi connectivity index (χ3v) is 4.94. The van der Waals surface area contributed by atoms with Crippen LogP contribution in [0.4, 0.5) is 10.1 Å². The summed E-state index contributed by atoms with van der Waals surface area (Å²) >= 11 is 5.84. The van der Waals surface area contributed by atoms with Crippen molar-refractivity contribution in [2.75, 3.05) is 11.9 Å². The molecule has 0 unspecified atom stereocenters. The van der Waals surface area contributed by atoms with Crippen LogP contribution in [0.5, 0.6) is 5.75 Å². The van der Waals surface area contributed by atoms with Crippen molar-refractivity contribution in [2.24, 2.45) is 0 Å². The number of furan rings is 1. The molecule has 1 heterocycles. The van der Waals surface area contributed by atoms with Gasteiger partial charge in [-0.1, -0.05) is 35.9 Å². The van der Waals surface area contributed by atoms with Crippen LogP contribution < -0.4 is 10.1 Å². The number of carbonyl (C=O) groups is 2. The van der Waals surface area contributed by atoms with Crippen LogP contribution in [0.3, 0.4) is 0 Å². The summed E-state index contributed by atoms with van der Waals surface area (Å²) in [6.07, 6.45) is 0. The van der Waals surface area contributed by atoms with Crippen LogP contribution in [0.15, 0.2) is 71.1 Å². The lowest BCUT2D eigenvalue weighted by Crippen LogP contribution is -2.21. The van der Waals surface area contributed by atoms with Gasteiger partial charge in [0, 0.05) is 16.0 Å². The van der Waals surface area contributed by atoms with E-state index in [2.05, 4.69) is 5.32 Å². The average molecular weight is 438 g/mol. The SMILES string of the molecule is Cc1ccc(C(=O)c2oc3ccccc3c2NC(=O)COc2ccc(Cl)cc2)cc1F. The smallest absolute Gasteiger partial charge is 0.262 e. The van der Waals surface area contributed by atoms with Gasteiger partial charge in [0.15, 0.2) is 12.4 Å². The molecule has 31 heavy (non-hydrogen) atoms. The van der Waals surface area contributed by atoms with E-state index in [0.717, 1.165) is 6.07 Å². The Bertz CT molecular complexity index is 1280. The number of hydrogen-bond acceptors (Lipinski definition) is 4. The zero-order valence-corrected chi connectivity index (χ0v) is 17.2. The quantitative estimate of drug-likeness (QED) is 0.388. The molecule has 0 fully saturated rings. The van der Waals surface area contributed by atoms with E-state index in [4.69, 9.17) is 20.8 Å². The number of ketones is 1. The maximum absolute atomic E-state index is 14.0. The Morgan fingerprint density at radius 3 is 2.55 bits per heavy atom. The van der Waals surface area contributed by atoms with Crippen molar-refractivity contribution >= 4 is 39.9 Å². The van der Waals surface area contributed by atoms with E-state index in [1.807, 2.05) is 0 Å². The number of nitrogens with one attached hydrogen (secondary N) is 1. The van der Waals surface area contributed by atoms with Crippen molar-refractivity contribution in [3.05, 3.63) is 94.5 Å². The van der Waals surface area contributed by atoms with Crippen LogP contribution in [-0.4, -0.2) is 18.3 Å². The van der Waals surface area contributed by atoms with Gasteiger partial charge in [0.2, 0.25) is 5.78 Å². The fraction of sp³-hybridized carbons (Fsp3) is 0.0833. The van der Waals surface area contributed by atoms with Crippen molar-refractivity contribution in [3.8, 4) is 5.75 Å². The van der Waals surface area contributed by atoms with Gasteiger partial charge < -0.3 is 14.5 Å². The Labute approximate surface area is 182 Å². The number of carbonyl (C=O) groups excluding carboxylic acids is 2. The van der Waals surface area contributed by atoms with E-state index in [-0.39, 0.29) is 23.6 Å². The maximum atomic E-state index is 14.0. The van der Waals surface area contributed by atoms with Crippen LogP contribution in [0.1, 0.15) is 21.7 Å². The highest BCUT2D eigenvalue weighted by atomic mass is 35.5. The fourth-order valence-corrected chi connectivity index (χ4v) is 3.18. The Morgan fingerprint density at radius 2 is 1.81 bits per heavy atom. The van der Waals surface area contributed by atoms with Crippen LogP contribution in [0.25, 0.3) is 11.0 Å². The molecule has 0 aliphatic heterocycles. The first-order valence-electron chi connectivity index (χ1n) is 9.43. The van der Waals surface area contributed by atoms with Crippen molar-refractivity contribution in [2.45, 2.75) is 6.92 Å². The lowest BCUT2D eigenvalue weighted by molar-refractivity contribution is -0.118. The second kappa shape index (κ2) is 8.62. The first-order chi connectivity index (χ1) is 14.9. The minimum atomic E-state index is -0.538. The molecule has 4 aromatic rings. The monoisotopic (exact) mass is 437 g/mol. The number of halogens is 2. The number of ether oxygens (including phenoxy) is 1. The van der Waals surface area contributed by atoms with Crippen molar-refractivity contribution in [1.29, 1.82) is 0 Å². The highest BCUT2D eigenvalue weighted by molar-refractivity contribution is 6.30. The van der Waals surface area contributed by atoms with E-state index in [9.17, 15) is 14.0 Å². The van der Waals surface area contributed by atoms with Gasteiger partial charge in [0.25, 0.3) is 5.91 Å². The Morgan fingerprint density at radius 1 is 1.06 bits per heavy atom. The summed E-state index contributed by atoms with van der Waals surface area (Å²) < 4.78 is 25.2. The lowest BCUT2D eigenvalue weighted by atomic mass is 10.0. The molecule has 0 saturated carbocycles. The predicted molar refractivity (Wildman–Crippen MR) is 116 cm³/mol. The van der Waals surface area contributed by atoms with E-state index >= 15 is 0 Å². The fourth-order valence-electron chi connectivity index (χ4n) is 3.05. The molecule has 156 valence electrons. The minimum Gasteiger partial charge on any atom is -0.484 e. The third-order valence-electron chi connectivity index (χ3n) is 4.68. The molecule has 1 aromatic heterocycles. The Kier molecular flexibility index (Phi) is 5.73. The summed E-state index contributed by atoms with van der Waals surface area (Å²) in [6, 6.07) is 17.7. The molecule has 7 heteroatoms. The van der Waals surface area contributed by atoms with Gasteiger partial charge >= 0.3 is 0 Å². The van der Waals surface area contributed by atoms with Crippen LogP contribution in [0.2, 0.25) is 5.02 Å². The average Bonchev–Trinajstić information content (AvgIpc) is 3.13. The van der Waals surface area contributed by atoms with Crippen LogP contribution >= 0.6 is 11.6 Å². The predicted octanol–water partition coefficient (Wildman–Crippen LogP) is 5.78. The maximum Gasteiger partial charge on any atom is 0.262 e. The molecule has 1 amide bonds. The van der Waals surface area contributed by atoms with Crippen LogP contribution in [-0.2, 0) is 4.79 Å². The van der Waals surface area contributed by atoms with Crippen molar-refractivity contribution < 1.29 is 23.1 Å². The number of fused-ring (bicyclic) bond motifs is 1. The van der Waals surface area contributed by atoms with Crippen molar-refractivity contribution in [1.82, 2.24) is 0 Å². The first-order valence-corrected chi connectivity index (χ1v) is 9.81. The molecule has 3 aromatic carbocycles. The highest BCUT2D eigenvalue weighted by Crippen LogP contribution is 2.32. The van der Waals surface area contributed by atoms with E-state index in [1.165, 1.54) is 12.1 Å². The number of para-hydroxylation sites is 1. The standard InChI is InChI=1S/C24H17ClFNO4/c1-14-6-7-15(12-19(14)26)23(29)24-22(18-4-2-3-5-20(18)31-24)27-21(28)13-30-17-10-8-16(25)9-11-17/h2-12H,13H2,1H3,(H,27,28). The molecule has 0 aliphatic rings. The second-order valence-electron chi connectivity index (χ2n) is 6.89. The number of aryl methyl sites for hydroxylation is 1. The van der Waals surface area contributed by atoms with Gasteiger partial charge in [-0.05, 0) is 55.0 Å². The van der Waals surface area contributed by atoms with Crippen LogP contribution in [0, 0.1) is 12.7 Å². The molecule has 1 N–H and O–H groups in total.